The topological polar surface area (TPSA) is 81.4 Å². The van der Waals surface area contributed by atoms with E-state index in [9.17, 15) is 12.8 Å². The van der Waals surface area contributed by atoms with Crippen LogP contribution in [0.1, 0.15) is 0 Å². The van der Waals surface area contributed by atoms with Crippen molar-refractivity contribution < 1.29 is 17.5 Å². The molecule has 0 heterocycles. The van der Waals surface area contributed by atoms with Crippen LogP contribution in [0.25, 0.3) is 0 Å². The summed E-state index contributed by atoms with van der Waals surface area (Å²) in [7, 11) is -2.62. The zero-order valence-corrected chi connectivity index (χ0v) is 12.5. The number of rotatable bonds is 4. The SMILES string of the molecule is COc1cc(S(=O)(=O)Nc2cc(Cl)ccc2F)ccc1N. The van der Waals surface area contributed by atoms with Gasteiger partial charge in [-0.2, -0.15) is 0 Å². The standard InChI is InChI=1S/C13H12ClFN2O3S/c1-20-13-7-9(3-5-11(13)16)21(18,19)17-12-6-8(14)2-4-10(12)15/h2-7,17H,16H2,1H3. The van der Waals surface area contributed by atoms with Crippen molar-refractivity contribution in [2.45, 2.75) is 4.90 Å². The lowest BCUT2D eigenvalue weighted by atomic mass is 10.3. The number of nitrogens with one attached hydrogen (secondary N) is 1. The van der Waals surface area contributed by atoms with Crippen LogP contribution in [-0.4, -0.2) is 15.5 Å². The largest absolute Gasteiger partial charge is 0.495 e. The Morgan fingerprint density at radius 2 is 1.95 bits per heavy atom. The Bertz CT molecular complexity index is 781. The molecule has 0 amide bonds. The highest BCUT2D eigenvalue weighted by Gasteiger charge is 2.18. The predicted octanol–water partition coefficient (Wildman–Crippen LogP) is 2.87. The Hall–Kier alpha value is -1.99. The van der Waals surface area contributed by atoms with Crippen LogP contribution >= 0.6 is 11.6 Å². The van der Waals surface area contributed by atoms with Crippen LogP contribution in [0.2, 0.25) is 5.02 Å². The van der Waals surface area contributed by atoms with Crippen LogP contribution in [0.5, 0.6) is 5.75 Å². The van der Waals surface area contributed by atoms with E-state index in [1.54, 1.807) is 0 Å². The van der Waals surface area contributed by atoms with Crippen molar-refractivity contribution >= 4 is 33.0 Å². The molecule has 2 aromatic carbocycles. The molecule has 0 aromatic heterocycles. The number of ether oxygens (including phenoxy) is 1. The van der Waals surface area contributed by atoms with Gasteiger partial charge in [0.1, 0.15) is 11.6 Å². The number of hydrogen-bond donors (Lipinski definition) is 2. The van der Waals surface area contributed by atoms with Gasteiger partial charge in [0.05, 0.1) is 23.4 Å². The van der Waals surface area contributed by atoms with E-state index in [2.05, 4.69) is 4.72 Å². The Morgan fingerprint density at radius 3 is 2.62 bits per heavy atom. The van der Waals surface area contributed by atoms with Gasteiger partial charge in [-0.1, -0.05) is 11.6 Å². The summed E-state index contributed by atoms with van der Waals surface area (Å²) < 4.78 is 45.1. The summed E-state index contributed by atoms with van der Waals surface area (Å²) in [6.45, 7) is 0. The number of nitrogens with two attached hydrogens (primary N) is 1. The molecule has 21 heavy (non-hydrogen) atoms. The van der Waals surface area contributed by atoms with Crippen molar-refractivity contribution in [3.05, 3.63) is 47.2 Å². The van der Waals surface area contributed by atoms with Crippen molar-refractivity contribution in [2.24, 2.45) is 0 Å². The van der Waals surface area contributed by atoms with Crippen molar-refractivity contribution in [3.8, 4) is 5.75 Å². The molecule has 5 nitrogen and oxygen atoms in total. The smallest absolute Gasteiger partial charge is 0.262 e. The number of methoxy groups -OCH3 is 1. The molecule has 0 spiro atoms. The van der Waals surface area contributed by atoms with Crippen molar-refractivity contribution in [1.82, 2.24) is 0 Å². The van der Waals surface area contributed by atoms with Crippen LogP contribution in [0.3, 0.4) is 0 Å². The first-order valence-corrected chi connectivity index (χ1v) is 7.61. The van der Waals surface area contributed by atoms with Gasteiger partial charge in [-0.3, -0.25) is 4.72 Å². The lowest BCUT2D eigenvalue weighted by Gasteiger charge is -2.11. The summed E-state index contributed by atoms with van der Waals surface area (Å²) in [6, 6.07) is 7.51. The normalized spacial score (nSPS) is 11.2. The molecule has 0 fully saturated rings. The minimum Gasteiger partial charge on any atom is -0.495 e. The van der Waals surface area contributed by atoms with E-state index < -0.39 is 15.8 Å². The molecule has 112 valence electrons. The number of nitrogen functional groups attached to an aromatic ring is 1. The summed E-state index contributed by atoms with van der Waals surface area (Å²) in [6.07, 6.45) is 0. The number of halogens is 2. The molecule has 2 rings (SSSR count). The highest BCUT2D eigenvalue weighted by molar-refractivity contribution is 7.92. The van der Waals surface area contributed by atoms with Gasteiger partial charge in [0, 0.05) is 11.1 Å². The van der Waals surface area contributed by atoms with Crippen molar-refractivity contribution in [3.63, 3.8) is 0 Å². The van der Waals surface area contributed by atoms with Crippen LogP contribution in [0.4, 0.5) is 15.8 Å². The second-order valence-electron chi connectivity index (χ2n) is 4.13. The minimum absolute atomic E-state index is 0.104. The molecule has 8 heteroatoms. The van der Waals surface area contributed by atoms with Crippen LogP contribution in [0.15, 0.2) is 41.3 Å². The Labute approximate surface area is 126 Å². The monoisotopic (exact) mass is 330 g/mol. The summed E-state index contributed by atoms with van der Waals surface area (Å²) in [5.41, 5.74) is 5.68. The fourth-order valence-corrected chi connectivity index (χ4v) is 2.88. The maximum Gasteiger partial charge on any atom is 0.262 e. The minimum atomic E-state index is -3.99. The molecule has 0 aliphatic heterocycles. The second-order valence-corrected chi connectivity index (χ2v) is 6.25. The van der Waals surface area contributed by atoms with Crippen molar-refractivity contribution in [1.29, 1.82) is 0 Å². The third kappa shape index (κ3) is 3.37. The molecule has 0 bridgehead atoms. The number of benzene rings is 2. The Balaban J connectivity index is 2.41. The van der Waals surface area contributed by atoms with E-state index in [1.165, 1.54) is 37.4 Å². The van der Waals surface area contributed by atoms with Gasteiger partial charge in [0.15, 0.2) is 0 Å². The Kier molecular flexibility index (Phi) is 4.24. The van der Waals surface area contributed by atoms with E-state index in [0.29, 0.717) is 5.69 Å². The number of sulfonamides is 1. The van der Waals surface area contributed by atoms with Crippen molar-refractivity contribution in [2.75, 3.05) is 17.6 Å². The summed E-state index contributed by atoms with van der Waals surface area (Å²) in [5.74, 6) is -0.519. The number of anilines is 2. The van der Waals surface area contributed by atoms with Gasteiger partial charge < -0.3 is 10.5 Å². The molecular formula is C13H12ClFN2O3S. The maximum absolute atomic E-state index is 13.6. The van der Waals surface area contributed by atoms with E-state index in [4.69, 9.17) is 22.1 Å². The second kappa shape index (κ2) is 5.79. The van der Waals surface area contributed by atoms with Gasteiger partial charge >= 0.3 is 0 Å². The molecular weight excluding hydrogens is 319 g/mol. The third-order valence-corrected chi connectivity index (χ3v) is 4.29. The van der Waals surface area contributed by atoms with Gasteiger partial charge in [-0.25, -0.2) is 12.8 Å². The number of hydrogen-bond acceptors (Lipinski definition) is 4. The quantitative estimate of drug-likeness (QED) is 0.845. The summed E-state index contributed by atoms with van der Waals surface area (Å²) >= 11 is 5.72. The summed E-state index contributed by atoms with van der Waals surface area (Å²) in [4.78, 5) is -0.104. The zero-order valence-electron chi connectivity index (χ0n) is 10.9. The first kappa shape index (κ1) is 15.4. The molecule has 0 radical (unpaired) electrons. The molecule has 0 unspecified atom stereocenters. The molecule has 3 N–H and O–H groups in total. The first-order chi connectivity index (χ1) is 9.83. The van der Waals surface area contributed by atoms with E-state index >= 15 is 0 Å². The van der Waals surface area contributed by atoms with Gasteiger partial charge in [0.25, 0.3) is 10.0 Å². The van der Waals surface area contributed by atoms with Gasteiger partial charge in [-0.15, -0.1) is 0 Å². The lowest BCUT2D eigenvalue weighted by Crippen LogP contribution is -2.14. The average molecular weight is 331 g/mol. The van der Waals surface area contributed by atoms with Crippen LogP contribution in [-0.2, 0) is 10.0 Å². The fourth-order valence-electron chi connectivity index (χ4n) is 1.64. The molecule has 0 aliphatic carbocycles. The molecule has 0 saturated heterocycles. The summed E-state index contributed by atoms with van der Waals surface area (Å²) in [5, 5.41) is 0.212. The molecule has 2 aromatic rings. The highest BCUT2D eigenvalue weighted by atomic mass is 35.5. The van der Waals surface area contributed by atoms with Crippen LogP contribution < -0.4 is 15.2 Å². The molecule has 0 saturated carbocycles. The highest BCUT2D eigenvalue weighted by Crippen LogP contribution is 2.27. The van der Waals surface area contributed by atoms with E-state index in [1.807, 2.05) is 0 Å². The van der Waals surface area contributed by atoms with Crippen LogP contribution in [0, 0.1) is 5.82 Å². The van der Waals surface area contributed by atoms with Gasteiger partial charge in [-0.05, 0) is 30.3 Å². The van der Waals surface area contributed by atoms with E-state index in [0.717, 1.165) is 6.07 Å². The predicted molar refractivity (Wildman–Crippen MR) is 79.6 cm³/mol. The molecule has 0 atom stereocenters. The van der Waals surface area contributed by atoms with E-state index in [-0.39, 0.29) is 21.4 Å². The third-order valence-electron chi connectivity index (χ3n) is 2.69. The van der Waals surface area contributed by atoms with Gasteiger partial charge in [0.2, 0.25) is 0 Å². The lowest BCUT2D eigenvalue weighted by molar-refractivity contribution is 0.415. The maximum atomic E-state index is 13.6. The zero-order chi connectivity index (χ0) is 15.6. The Morgan fingerprint density at radius 1 is 1.24 bits per heavy atom. The molecule has 0 aliphatic rings. The average Bonchev–Trinajstić information content (AvgIpc) is 2.43. The fraction of sp³-hybridized carbons (Fsp3) is 0.0769. The first-order valence-electron chi connectivity index (χ1n) is 5.75.